The number of aromatic nitrogens is 2. The number of pyridine rings is 2. The van der Waals surface area contributed by atoms with E-state index in [1.165, 1.54) is 24.9 Å². The fraction of sp³-hybridized carbons (Fsp3) is 0.353. The zero-order chi connectivity index (χ0) is 16.7. The van der Waals surface area contributed by atoms with E-state index in [9.17, 15) is 9.18 Å². The summed E-state index contributed by atoms with van der Waals surface area (Å²) in [4.78, 5) is 22.4. The highest BCUT2D eigenvalue weighted by Crippen LogP contribution is 2.38. The van der Waals surface area contributed by atoms with E-state index in [2.05, 4.69) is 15.3 Å². The van der Waals surface area contributed by atoms with Crippen molar-refractivity contribution in [1.29, 1.82) is 0 Å². The minimum Gasteiger partial charge on any atom is -0.318 e. The second kappa shape index (κ2) is 6.02. The first-order valence-corrected chi connectivity index (χ1v) is 8.35. The van der Waals surface area contributed by atoms with Crippen LogP contribution < -0.4 is 5.32 Å². The van der Waals surface area contributed by atoms with E-state index in [1.807, 2.05) is 4.90 Å². The molecule has 2 atom stereocenters. The van der Waals surface area contributed by atoms with Crippen LogP contribution in [0.25, 0.3) is 11.1 Å². The van der Waals surface area contributed by atoms with Gasteiger partial charge in [0.1, 0.15) is 11.6 Å². The Morgan fingerprint density at radius 1 is 1.25 bits per heavy atom. The number of carbonyl (C=O) groups is 1. The number of amides is 2. The van der Waals surface area contributed by atoms with Crippen LogP contribution in [0.1, 0.15) is 25.7 Å². The molecule has 0 aromatic carbocycles. The van der Waals surface area contributed by atoms with Crippen molar-refractivity contribution in [3.63, 3.8) is 0 Å². The maximum absolute atomic E-state index is 13.4. The van der Waals surface area contributed by atoms with Gasteiger partial charge in [-0.25, -0.2) is 14.2 Å². The minimum absolute atomic E-state index is 0.130. The van der Waals surface area contributed by atoms with Gasteiger partial charge in [-0.05, 0) is 37.8 Å². The molecule has 1 N–H and O–H groups in total. The number of rotatable bonds is 2. The van der Waals surface area contributed by atoms with Gasteiger partial charge in [0.15, 0.2) is 0 Å². The van der Waals surface area contributed by atoms with Crippen LogP contribution in [-0.2, 0) is 0 Å². The lowest BCUT2D eigenvalue weighted by Gasteiger charge is -2.52. The molecule has 7 heteroatoms. The molecule has 2 aromatic rings. The summed E-state index contributed by atoms with van der Waals surface area (Å²) in [5, 5.41) is 3.20. The lowest BCUT2D eigenvalue weighted by atomic mass is 9.80. The number of nitrogens with one attached hydrogen (secondary N) is 1. The lowest BCUT2D eigenvalue weighted by molar-refractivity contribution is 0.0173. The number of carbonyl (C=O) groups excluding carboxylic acids is 1. The van der Waals surface area contributed by atoms with Gasteiger partial charge in [0.05, 0.1) is 11.2 Å². The van der Waals surface area contributed by atoms with Crippen molar-refractivity contribution in [3.05, 3.63) is 41.6 Å². The van der Waals surface area contributed by atoms with Crippen molar-refractivity contribution in [2.45, 2.75) is 37.8 Å². The van der Waals surface area contributed by atoms with E-state index in [0.29, 0.717) is 34.1 Å². The number of halogens is 2. The van der Waals surface area contributed by atoms with Gasteiger partial charge in [0.2, 0.25) is 0 Å². The zero-order valence-corrected chi connectivity index (χ0v) is 13.6. The summed E-state index contributed by atoms with van der Waals surface area (Å²) in [5.41, 5.74) is 1.12. The normalized spacial score (nSPS) is 22.0. The summed E-state index contributed by atoms with van der Waals surface area (Å²) < 4.78 is 13.4. The van der Waals surface area contributed by atoms with Crippen LogP contribution in [0.5, 0.6) is 0 Å². The molecule has 24 heavy (non-hydrogen) atoms. The number of nitrogens with zero attached hydrogens (tertiary/aromatic N) is 3. The summed E-state index contributed by atoms with van der Waals surface area (Å²) in [5.74, 6) is -0.0481. The number of piperidine rings is 1. The first-order chi connectivity index (χ1) is 11.6. The Hall–Kier alpha value is -2.21. The summed E-state index contributed by atoms with van der Waals surface area (Å²) in [7, 11) is 0. The first-order valence-electron chi connectivity index (χ1n) is 7.97. The lowest BCUT2D eigenvalue weighted by Crippen LogP contribution is -2.62. The van der Waals surface area contributed by atoms with Crippen molar-refractivity contribution < 1.29 is 9.18 Å². The van der Waals surface area contributed by atoms with Crippen molar-refractivity contribution in [2.24, 2.45) is 0 Å². The molecule has 5 nitrogen and oxygen atoms in total. The molecular formula is C17H16ClFN4O. The van der Waals surface area contributed by atoms with E-state index in [-0.39, 0.29) is 6.03 Å². The molecule has 0 saturated carbocycles. The van der Waals surface area contributed by atoms with E-state index in [4.69, 9.17) is 11.6 Å². The minimum atomic E-state index is -0.445. The Bertz CT molecular complexity index is 786. The van der Waals surface area contributed by atoms with E-state index in [1.54, 1.807) is 6.07 Å². The molecule has 2 fully saturated rings. The Morgan fingerprint density at radius 3 is 2.75 bits per heavy atom. The monoisotopic (exact) mass is 346 g/mol. The number of urea groups is 1. The number of fused-ring (bicyclic) bond motifs is 2. The SMILES string of the molecule is O=C(Nc1cc(-c2cncc(F)c2)c(Cl)cn1)N1C2CCCC1C2. The van der Waals surface area contributed by atoms with Crippen LogP contribution in [0.3, 0.4) is 0 Å². The fourth-order valence-electron chi connectivity index (χ4n) is 3.60. The fourth-order valence-corrected chi connectivity index (χ4v) is 3.81. The van der Waals surface area contributed by atoms with E-state index in [0.717, 1.165) is 25.5 Å². The summed E-state index contributed by atoms with van der Waals surface area (Å²) >= 11 is 6.16. The van der Waals surface area contributed by atoms with Crippen molar-refractivity contribution in [3.8, 4) is 11.1 Å². The average Bonchev–Trinajstić information content (AvgIpc) is 2.57. The maximum atomic E-state index is 13.4. The third kappa shape index (κ3) is 2.71. The van der Waals surface area contributed by atoms with Gasteiger partial charge in [-0.15, -0.1) is 0 Å². The molecule has 2 saturated heterocycles. The molecule has 4 rings (SSSR count). The van der Waals surface area contributed by atoms with Crippen molar-refractivity contribution >= 4 is 23.4 Å². The topological polar surface area (TPSA) is 58.1 Å². The van der Waals surface area contributed by atoms with Gasteiger partial charge in [-0.3, -0.25) is 10.3 Å². The largest absolute Gasteiger partial charge is 0.323 e. The van der Waals surface area contributed by atoms with Gasteiger partial charge in [-0.1, -0.05) is 11.6 Å². The molecule has 0 radical (unpaired) electrons. The van der Waals surface area contributed by atoms with E-state index >= 15 is 0 Å². The number of anilines is 1. The highest BCUT2D eigenvalue weighted by Gasteiger charge is 2.44. The Labute approximate surface area is 143 Å². The molecule has 2 aliphatic rings. The highest BCUT2D eigenvalue weighted by molar-refractivity contribution is 6.33. The van der Waals surface area contributed by atoms with Crippen LogP contribution in [0.4, 0.5) is 15.0 Å². The number of hydrogen-bond donors (Lipinski definition) is 1. The third-order valence-corrected chi connectivity index (χ3v) is 5.05. The molecule has 4 heterocycles. The van der Waals surface area contributed by atoms with Gasteiger partial charge in [0, 0.05) is 35.6 Å². The Kier molecular flexibility index (Phi) is 3.84. The maximum Gasteiger partial charge on any atom is 0.323 e. The molecule has 2 aliphatic heterocycles. The van der Waals surface area contributed by atoms with Crippen molar-refractivity contribution in [1.82, 2.24) is 14.9 Å². The Balaban J connectivity index is 1.56. The van der Waals surface area contributed by atoms with Crippen LogP contribution in [0, 0.1) is 5.82 Å². The molecule has 2 amide bonds. The molecule has 2 aromatic heterocycles. The van der Waals surface area contributed by atoms with Gasteiger partial charge in [-0.2, -0.15) is 0 Å². The van der Waals surface area contributed by atoms with Crippen LogP contribution in [0.2, 0.25) is 5.02 Å². The predicted octanol–water partition coefficient (Wildman–Crippen LogP) is 4.09. The molecule has 0 aliphatic carbocycles. The van der Waals surface area contributed by atoms with Gasteiger partial charge in [0.25, 0.3) is 0 Å². The van der Waals surface area contributed by atoms with Crippen molar-refractivity contribution in [2.75, 3.05) is 5.32 Å². The average molecular weight is 347 g/mol. The second-order valence-electron chi connectivity index (χ2n) is 6.25. The highest BCUT2D eigenvalue weighted by atomic mass is 35.5. The standard InChI is InChI=1S/C17H16ClFN4O/c18-15-9-21-16(6-14(15)10-4-11(19)8-20-7-10)22-17(24)23-12-2-1-3-13(23)5-12/h4,6-9,12-13H,1-3,5H2,(H,21,22,24). The molecule has 2 bridgehead atoms. The molecule has 0 spiro atoms. The summed E-state index contributed by atoms with van der Waals surface area (Å²) in [6.45, 7) is 0. The first kappa shape index (κ1) is 15.3. The predicted molar refractivity (Wildman–Crippen MR) is 89.3 cm³/mol. The van der Waals surface area contributed by atoms with E-state index < -0.39 is 5.82 Å². The second-order valence-corrected chi connectivity index (χ2v) is 6.66. The Morgan fingerprint density at radius 2 is 2.04 bits per heavy atom. The smallest absolute Gasteiger partial charge is 0.318 e. The van der Waals surface area contributed by atoms with Crippen LogP contribution in [0.15, 0.2) is 30.7 Å². The molecule has 2 unspecified atom stereocenters. The number of hydrogen-bond acceptors (Lipinski definition) is 3. The van der Waals surface area contributed by atoms with Crippen LogP contribution in [-0.4, -0.2) is 33.0 Å². The van der Waals surface area contributed by atoms with Gasteiger partial charge >= 0.3 is 6.03 Å². The summed E-state index contributed by atoms with van der Waals surface area (Å²) in [6, 6.07) is 3.56. The molecule has 124 valence electrons. The van der Waals surface area contributed by atoms with Gasteiger partial charge < -0.3 is 4.90 Å². The zero-order valence-electron chi connectivity index (χ0n) is 12.9. The third-order valence-electron chi connectivity index (χ3n) is 4.75. The summed E-state index contributed by atoms with van der Waals surface area (Å²) in [6.07, 6.45) is 8.53. The van der Waals surface area contributed by atoms with Crippen LogP contribution >= 0.6 is 11.6 Å². The quantitative estimate of drug-likeness (QED) is 0.890. The molecular weight excluding hydrogens is 331 g/mol.